The Balaban J connectivity index is 0.00000289. The maximum absolute atomic E-state index is 12.3. The molecule has 172 valence electrons. The predicted molar refractivity (Wildman–Crippen MR) is 129 cm³/mol. The van der Waals surface area contributed by atoms with E-state index in [0.717, 1.165) is 50.8 Å². The van der Waals surface area contributed by atoms with Gasteiger partial charge in [-0.05, 0) is 62.4 Å². The molecule has 1 aliphatic heterocycles. The Labute approximate surface area is 197 Å². The van der Waals surface area contributed by atoms with Gasteiger partial charge >= 0.3 is 6.09 Å². The lowest BCUT2D eigenvalue weighted by Crippen LogP contribution is -2.36. The van der Waals surface area contributed by atoms with E-state index in [1.807, 2.05) is 42.5 Å². The Morgan fingerprint density at radius 3 is 2.56 bits per heavy atom. The van der Waals surface area contributed by atoms with Crippen LogP contribution in [0.3, 0.4) is 0 Å². The van der Waals surface area contributed by atoms with Gasteiger partial charge in [0.25, 0.3) is 0 Å². The van der Waals surface area contributed by atoms with Gasteiger partial charge in [0.1, 0.15) is 5.75 Å². The summed E-state index contributed by atoms with van der Waals surface area (Å²) in [6.07, 6.45) is 5.46. The number of ether oxygens (including phenoxy) is 1. The number of hydrogen-bond acceptors (Lipinski definition) is 4. The van der Waals surface area contributed by atoms with Crippen molar-refractivity contribution in [3.8, 4) is 5.75 Å². The lowest BCUT2D eigenvalue weighted by Gasteiger charge is -2.34. The van der Waals surface area contributed by atoms with E-state index in [2.05, 4.69) is 11.0 Å². The highest BCUT2D eigenvalue weighted by Gasteiger charge is 2.39. The van der Waals surface area contributed by atoms with Crippen molar-refractivity contribution < 1.29 is 14.3 Å². The minimum atomic E-state index is -0.325. The molecule has 0 N–H and O–H groups in total. The molecule has 1 heterocycles. The van der Waals surface area contributed by atoms with Crippen LogP contribution < -0.4 is 4.74 Å². The number of halogens is 1. The normalized spacial score (nSPS) is 19.4. The van der Waals surface area contributed by atoms with Crippen molar-refractivity contribution in [3.63, 3.8) is 0 Å². The van der Waals surface area contributed by atoms with Crippen molar-refractivity contribution in [1.29, 1.82) is 0 Å². The Morgan fingerprint density at radius 1 is 1.03 bits per heavy atom. The van der Waals surface area contributed by atoms with E-state index >= 15 is 0 Å². The van der Waals surface area contributed by atoms with Crippen molar-refractivity contribution in [2.75, 3.05) is 27.2 Å². The molecule has 2 unspecified atom stereocenters. The molecule has 1 saturated heterocycles. The van der Waals surface area contributed by atoms with Crippen LogP contribution in [0, 0.1) is 0 Å². The van der Waals surface area contributed by atoms with Crippen LogP contribution in [0.1, 0.15) is 59.5 Å². The van der Waals surface area contributed by atoms with Gasteiger partial charge in [0.2, 0.25) is 0 Å². The van der Waals surface area contributed by atoms with Gasteiger partial charge in [0, 0.05) is 38.0 Å². The number of amides is 1. The maximum atomic E-state index is 12.3. The zero-order valence-electron chi connectivity index (χ0n) is 19.0. The monoisotopic (exact) mass is 456 g/mol. The predicted octanol–water partition coefficient (Wildman–Crippen LogP) is 5.33. The zero-order chi connectivity index (χ0) is 21.8. The van der Waals surface area contributed by atoms with Crippen LogP contribution in [0.2, 0.25) is 0 Å². The van der Waals surface area contributed by atoms with Crippen LogP contribution in [0.25, 0.3) is 0 Å². The average molecular weight is 457 g/mol. The van der Waals surface area contributed by atoms with Crippen LogP contribution in [-0.2, 0) is 6.42 Å². The minimum absolute atomic E-state index is 0. The Kier molecular flexibility index (Phi) is 8.32. The van der Waals surface area contributed by atoms with Gasteiger partial charge in [-0.15, -0.1) is 12.4 Å². The van der Waals surface area contributed by atoms with Gasteiger partial charge in [0.15, 0.2) is 5.78 Å². The number of ketones is 1. The van der Waals surface area contributed by atoms with Gasteiger partial charge < -0.3 is 9.64 Å². The summed E-state index contributed by atoms with van der Waals surface area (Å²) in [4.78, 5) is 28.4. The first-order valence-corrected chi connectivity index (χ1v) is 11.4. The Morgan fingerprint density at radius 2 is 1.81 bits per heavy atom. The van der Waals surface area contributed by atoms with Crippen LogP contribution >= 0.6 is 12.4 Å². The SMILES string of the molecule is CN(C)C(=O)Oc1cccc2c1CCC1C2CCN1CCCCC(=O)c1ccccc1.Cl. The quantitative estimate of drug-likeness (QED) is 0.417. The molecule has 0 spiro atoms. The van der Waals surface area contributed by atoms with Crippen LogP contribution in [0.4, 0.5) is 4.79 Å². The molecule has 0 bridgehead atoms. The topological polar surface area (TPSA) is 49.9 Å². The highest BCUT2D eigenvalue weighted by molar-refractivity contribution is 5.95. The molecule has 0 radical (unpaired) electrons. The molecule has 1 aliphatic carbocycles. The van der Waals surface area contributed by atoms with E-state index < -0.39 is 0 Å². The zero-order valence-corrected chi connectivity index (χ0v) is 19.8. The second kappa shape index (κ2) is 11.0. The molecule has 0 saturated carbocycles. The molecule has 1 amide bonds. The highest BCUT2D eigenvalue weighted by atomic mass is 35.5. The molecule has 5 nitrogen and oxygen atoms in total. The fourth-order valence-corrected chi connectivity index (χ4v) is 5.08. The lowest BCUT2D eigenvalue weighted by atomic mass is 9.79. The summed E-state index contributed by atoms with van der Waals surface area (Å²) in [5.74, 6) is 1.46. The van der Waals surface area contributed by atoms with E-state index in [4.69, 9.17) is 4.74 Å². The van der Waals surface area contributed by atoms with Gasteiger partial charge in [-0.25, -0.2) is 4.79 Å². The number of likely N-dealkylation sites (tertiary alicyclic amines) is 1. The largest absolute Gasteiger partial charge is 0.414 e. The molecule has 6 heteroatoms. The van der Waals surface area contributed by atoms with E-state index in [-0.39, 0.29) is 24.3 Å². The number of fused-ring (bicyclic) bond motifs is 3. The number of benzene rings is 2. The Hall–Kier alpha value is -2.37. The first-order chi connectivity index (χ1) is 15.0. The molecule has 2 aromatic carbocycles. The summed E-state index contributed by atoms with van der Waals surface area (Å²) in [5.41, 5.74) is 3.37. The first-order valence-electron chi connectivity index (χ1n) is 11.4. The second-order valence-corrected chi connectivity index (χ2v) is 8.87. The fourth-order valence-electron chi connectivity index (χ4n) is 5.08. The molecule has 0 aromatic heterocycles. The third-order valence-corrected chi connectivity index (χ3v) is 6.68. The summed E-state index contributed by atoms with van der Waals surface area (Å²) < 4.78 is 5.63. The minimum Gasteiger partial charge on any atom is -0.410 e. The number of Topliss-reactive ketones (excluding diaryl/α,β-unsaturated/α-hetero) is 1. The fraction of sp³-hybridized carbons (Fsp3) is 0.462. The molecule has 2 aromatic rings. The number of carbonyl (C=O) groups is 2. The van der Waals surface area contributed by atoms with Crippen LogP contribution in [-0.4, -0.2) is 54.9 Å². The first kappa shape index (κ1) is 24.3. The second-order valence-electron chi connectivity index (χ2n) is 8.87. The summed E-state index contributed by atoms with van der Waals surface area (Å²) in [6.45, 7) is 2.15. The number of unbranched alkanes of at least 4 members (excludes halogenated alkanes) is 1. The standard InChI is InChI=1S/C26H32N2O3.ClH/c1-27(2)26(30)31-25-13-8-11-20-21-16-18-28(23(21)15-14-22(20)25)17-7-6-12-24(29)19-9-4-3-5-10-19;/h3-5,8-11,13,21,23H,6-7,12,14-18H2,1-2H3;1H. The Bertz CT molecular complexity index is 932. The third kappa shape index (κ3) is 5.33. The van der Waals surface area contributed by atoms with Gasteiger partial charge in [-0.2, -0.15) is 0 Å². The van der Waals surface area contributed by atoms with Gasteiger partial charge in [-0.1, -0.05) is 42.5 Å². The average Bonchev–Trinajstić information content (AvgIpc) is 3.20. The molecule has 1 fully saturated rings. The smallest absolute Gasteiger partial charge is 0.410 e. The van der Waals surface area contributed by atoms with E-state index in [9.17, 15) is 9.59 Å². The van der Waals surface area contributed by atoms with E-state index in [1.165, 1.54) is 16.0 Å². The number of rotatable bonds is 7. The molecule has 2 aliphatic rings. The van der Waals surface area contributed by atoms with Crippen molar-refractivity contribution in [3.05, 3.63) is 65.2 Å². The van der Waals surface area contributed by atoms with Crippen LogP contribution in [0.5, 0.6) is 5.75 Å². The van der Waals surface area contributed by atoms with Gasteiger partial charge in [-0.3, -0.25) is 9.69 Å². The summed E-state index contributed by atoms with van der Waals surface area (Å²) >= 11 is 0. The molecule has 2 atom stereocenters. The molecule has 4 rings (SSSR count). The summed E-state index contributed by atoms with van der Waals surface area (Å²) in [6, 6.07) is 16.3. The third-order valence-electron chi connectivity index (χ3n) is 6.68. The lowest BCUT2D eigenvalue weighted by molar-refractivity contribution is 0.0977. The summed E-state index contributed by atoms with van der Waals surface area (Å²) in [7, 11) is 3.41. The number of carbonyl (C=O) groups excluding carboxylic acids is 2. The number of hydrogen-bond donors (Lipinski definition) is 0. The van der Waals surface area contributed by atoms with E-state index in [1.54, 1.807) is 14.1 Å². The number of nitrogens with zero attached hydrogens (tertiary/aromatic N) is 2. The van der Waals surface area contributed by atoms with E-state index in [0.29, 0.717) is 24.1 Å². The van der Waals surface area contributed by atoms with Crippen LogP contribution in [0.15, 0.2) is 48.5 Å². The van der Waals surface area contributed by atoms with Crippen molar-refractivity contribution in [2.24, 2.45) is 0 Å². The van der Waals surface area contributed by atoms with Crippen molar-refractivity contribution >= 4 is 24.3 Å². The molecular formula is C26H33ClN2O3. The maximum Gasteiger partial charge on any atom is 0.414 e. The van der Waals surface area contributed by atoms with Crippen molar-refractivity contribution in [1.82, 2.24) is 9.80 Å². The highest BCUT2D eigenvalue weighted by Crippen LogP contribution is 2.44. The summed E-state index contributed by atoms with van der Waals surface area (Å²) in [5, 5.41) is 0. The van der Waals surface area contributed by atoms with Gasteiger partial charge in [0.05, 0.1) is 0 Å². The molecule has 32 heavy (non-hydrogen) atoms. The van der Waals surface area contributed by atoms with Crippen molar-refractivity contribution in [2.45, 2.75) is 50.5 Å². The molecular weight excluding hydrogens is 424 g/mol.